The Bertz CT molecular complexity index is 2600. The molecule has 0 bridgehead atoms. The number of methoxy groups -OCH3 is 1. The second-order valence-electron chi connectivity index (χ2n) is 17.8. The van der Waals surface area contributed by atoms with Crippen molar-refractivity contribution in [1.29, 1.82) is 0 Å². The molecule has 0 aromatic heterocycles. The fourth-order valence-corrected chi connectivity index (χ4v) is 8.80. The van der Waals surface area contributed by atoms with Crippen LogP contribution in [0.3, 0.4) is 0 Å². The summed E-state index contributed by atoms with van der Waals surface area (Å²) in [6, 6.07) is 50.5. The van der Waals surface area contributed by atoms with Crippen LogP contribution in [-0.2, 0) is 48.9 Å². The van der Waals surface area contributed by atoms with Crippen molar-refractivity contribution in [2.24, 2.45) is 5.92 Å². The van der Waals surface area contributed by atoms with E-state index in [0.717, 1.165) is 39.1 Å². The van der Waals surface area contributed by atoms with Crippen LogP contribution in [-0.4, -0.2) is 61.5 Å². The average molecular weight is 940 g/mol. The molecule has 0 unspecified atom stereocenters. The lowest BCUT2D eigenvalue weighted by Crippen LogP contribution is -2.56. The SMILES string of the molecule is COc1ccc2c(c1)CCN2C(=O)/C=C/[C@H](CCC(=O)NC(c1ccccc1)(c1ccccc1)c1ccccc1)NC(=O)[C@H](Cc1ccccc1)NC(=O)[C@H](CC(C)C)NC(=O)OCc1ccccc1. The first-order valence-electron chi connectivity index (χ1n) is 23.8. The largest absolute Gasteiger partial charge is 0.497 e. The van der Waals surface area contributed by atoms with E-state index in [2.05, 4.69) is 21.3 Å². The molecule has 0 saturated heterocycles. The van der Waals surface area contributed by atoms with Crippen LogP contribution in [0.2, 0.25) is 0 Å². The molecule has 3 atom stereocenters. The van der Waals surface area contributed by atoms with Crippen molar-refractivity contribution in [2.75, 3.05) is 18.6 Å². The third-order valence-corrected chi connectivity index (χ3v) is 12.3. The molecule has 6 aromatic rings. The molecule has 70 heavy (non-hydrogen) atoms. The van der Waals surface area contributed by atoms with Gasteiger partial charge in [-0.15, -0.1) is 0 Å². The Morgan fingerprint density at radius 3 is 1.76 bits per heavy atom. The molecule has 0 fully saturated rings. The van der Waals surface area contributed by atoms with E-state index in [1.165, 1.54) is 6.08 Å². The van der Waals surface area contributed by atoms with Crippen molar-refractivity contribution in [2.45, 2.75) is 76.2 Å². The fourth-order valence-electron chi connectivity index (χ4n) is 8.80. The van der Waals surface area contributed by atoms with Crippen LogP contribution in [0.5, 0.6) is 5.75 Å². The Balaban J connectivity index is 1.15. The minimum Gasteiger partial charge on any atom is -0.497 e. The molecular formula is C58H61N5O7. The molecular weight excluding hydrogens is 879 g/mol. The smallest absolute Gasteiger partial charge is 0.408 e. The van der Waals surface area contributed by atoms with E-state index in [9.17, 15) is 24.0 Å². The van der Waals surface area contributed by atoms with Crippen LogP contribution in [0, 0.1) is 5.92 Å². The van der Waals surface area contributed by atoms with E-state index in [-0.39, 0.29) is 50.0 Å². The molecule has 7 rings (SSSR count). The zero-order valence-corrected chi connectivity index (χ0v) is 39.9. The third-order valence-electron chi connectivity index (χ3n) is 12.3. The molecule has 6 aromatic carbocycles. The normalized spacial score (nSPS) is 13.4. The van der Waals surface area contributed by atoms with E-state index >= 15 is 0 Å². The fraction of sp³-hybridized carbons (Fsp3) is 0.259. The summed E-state index contributed by atoms with van der Waals surface area (Å²) in [5.41, 5.74) is 4.82. The molecule has 0 radical (unpaired) electrons. The average Bonchev–Trinajstić information content (AvgIpc) is 3.82. The van der Waals surface area contributed by atoms with Crippen LogP contribution in [0.4, 0.5) is 10.5 Å². The van der Waals surface area contributed by atoms with Crippen LogP contribution in [0.1, 0.15) is 66.5 Å². The van der Waals surface area contributed by atoms with Gasteiger partial charge in [-0.05, 0) is 76.8 Å². The summed E-state index contributed by atoms with van der Waals surface area (Å²) in [6.07, 6.45) is 3.36. The van der Waals surface area contributed by atoms with Gasteiger partial charge in [0.15, 0.2) is 0 Å². The molecule has 0 aliphatic carbocycles. The van der Waals surface area contributed by atoms with Crippen LogP contribution >= 0.6 is 0 Å². The summed E-state index contributed by atoms with van der Waals surface area (Å²) in [4.78, 5) is 72.2. The van der Waals surface area contributed by atoms with Gasteiger partial charge < -0.3 is 35.6 Å². The van der Waals surface area contributed by atoms with Gasteiger partial charge in [0.25, 0.3) is 5.91 Å². The van der Waals surface area contributed by atoms with Crippen LogP contribution < -0.4 is 30.9 Å². The maximum Gasteiger partial charge on any atom is 0.408 e. The highest BCUT2D eigenvalue weighted by molar-refractivity contribution is 6.03. The predicted molar refractivity (Wildman–Crippen MR) is 272 cm³/mol. The summed E-state index contributed by atoms with van der Waals surface area (Å²) in [7, 11) is 1.60. The lowest BCUT2D eigenvalue weighted by atomic mass is 9.77. The van der Waals surface area contributed by atoms with E-state index in [4.69, 9.17) is 9.47 Å². The van der Waals surface area contributed by atoms with Gasteiger partial charge in [-0.25, -0.2) is 4.79 Å². The van der Waals surface area contributed by atoms with E-state index in [1.807, 2.05) is 184 Å². The second-order valence-corrected chi connectivity index (χ2v) is 17.8. The first-order valence-corrected chi connectivity index (χ1v) is 23.8. The van der Waals surface area contributed by atoms with Crippen LogP contribution in [0.25, 0.3) is 0 Å². The molecule has 1 heterocycles. The molecule has 0 spiro atoms. The zero-order valence-electron chi connectivity index (χ0n) is 39.9. The Morgan fingerprint density at radius 1 is 0.657 bits per heavy atom. The molecule has 0 saturated carbocycles. The number of hydrogen-bond acceptors (Lipinski definition) is 7. The molecule has 360 valence electrons. The molecule has 12 nitrogen and oxygen atoms in total. The maximum absolute atomic E-state index is 14.7. The highest BCUT2D eigenvalue weighted by Crippen LogP contribution is 2.37. The number of carbonyl (C=O) groups excluding carboxylic acids is 5. The number of hydrogen-bond donors (Lipinski definition) is 4. The second kappa shape index (κ2) is 24.3. The van der Waals surface area contributed by atoms with Gasteiger partial charge >= 0.3 is 6.09 Å². The summed E-state index contributed by atoms with van der Waals surface area (Å²) in [5, 5.41) is 12.1. The minimum atomic E-state index is -1.12. The maximum atomic E-state index is 14.7. The Kier molecular flexibility index (Phi) is 17.4. The Hall–Kier alpha value is -7.99. The van der Waals surface area contributed by atoms with Gasteiger partial charge in [0, 0.05) is 37.2 Å². The highest BCUT2D eigenvalue weighted by atomic mass is 16.5. The first kappa shape index (κ1) is 49.9. The lowest BCUT2D eigenvalue weighted by Gasteiger charge is -2.37. The van der Waals surface area contributed by atoms with Crippen molar-refractivity contribution >= 4 is 35.4 Å². The highest BCUT2D eigenvalue weighted by Gasteiger charge is 2.38. The molecule has 4 N–H and O–H groups in total. The van der Waals surface area contributed by atoms with Gasteiger partial charge in [0.05, 0.1) is 7.11 Å². The zero-order chi connectivity index (χ0) is 49.3. The summed E-state index contributed by atoms with van der Waals surface area (Å²) in [6.45, 7) is 4.34. The number of fused-ring (bicyclic) bond motifs is 1. The molecule has 12 heteroatoms. The monoisotopic (exact) mass is 939 g/mol. The number of benzene rings is 6. The van der Waals surface area contributed by atoms with E-state index in [1.54, 1.807) is 18.1 Å². The lowest BCUT2D eigenvalue weighted by molar-refractivity contribution is -0.130. The number of nitrogens with one attached hydrogen (secondary N) is 4. The number of carbonyl (C=O) groups is 5. The first-order chi connectivity index (χ1) is 34.0. The minimum absolute atomic E-state index is 0.00113. The van der Waals surface area contributed by atoms with Gasteiger partial charge in [-0.2, -0.15) is 0 Å². The molecule has 1 aliphatic rings. The Morgan fingerprint density at radius 2 is 1.20 bits per heavy atom. The third kappa shape index (κ3) is 13.2. The van der Waals surface area contributed by atoms with Gasteiger partial charge in [0.2, 0.25) is 17.7 Å². The Labute approximate surface area is 410 Å². The topological polar surface area (TPSA) is 155 Å². The van der Waals surface area contributed by atoms with Crippen molar-refractivity contribution in [3.63, 3.8) is 0 Å². The number of nitrogens with zero attached hydrogens (tertiary/aromatic N) is 1. The number of rotatable bonds is 21. The summed E-state index contributed by atoms with van der Waals surface area (Å²) >= 11 is 0. The van der Waals surface area contributed by atoms with Crippen molar-refractivity contribution in [3.05, 3.63) is 215 Å². The van der Waals surface area contributed by atoms with Gasteiger partial charge in [-0.1, -0.05) is 172 Å². The predicted octanol–water partition coefficient (Wildman–Crippen LogP) is 8.58. The quantitative estimate of drug-likeness (QED) is 0.0417. The number of amides is 5. The van der Waals surface area contributed by atoms with Gasteiger partial charge in [0.1, 0.15) is 30.0 Å². The van der Waals surface area contributed by atoms with Crippen molar-refractivity contribution in [1.82, 2.24) is 21.3 Å². The van der Waals surface area contributed by atoms with Crippen LogP contribution in [0.15, 0.2) is 182 Å². The molecule has 5 amide bonds. The van der Waals surface area contributed by atoms with Crippen molar-refractivity contribution < 1.29 is 33.4 Å². The molecule has 1 aliphatic heterocycles. The summed E-state index contributed by atoms with van der Waals surface area (Å²) < 4.78 is 10.9. The number of alkyl carbamates (subject to hydrolysis) is 1. The number of anilines is 1. The van der Waals surface area contributed by atoms with Crippen molar-refractivity contribution in [3.8, 4) is 5.75 Å². The standard InChI is InChI=1S/C58H61N5O7/c1-41(2)37-50(61-57(68)70-40-43-21-11-5-12-22-43)56(67)60-51(38-42-19-9-4-10-20-42)55(66)59-48(30-34-54(65)63-36-35-44-39-49(69-3)31-32-52(44)63)29-33-53(64)62-58(45-23-13-6-14-24-45,46-25-15-7-16-26-46)47-27-17-8-18-28-47/h4-28,30-32,34,39,41,48,50-51H,29,33,35-38,40H2,1-3H3,(H,59,66)(H,60,67)(H,61,68)(H,62,64)/b34-30+/t48-,50-,51-/m0/s1. The van der Waals surface area contributed by atoms with E-state index < -0.39 is 41.6 Å². The van der Waals surface area contributed by atoms with E-state index in [0.29, 0.717) is 18.7 Å². The summed E-state index contributed by atoms with van der Waals surface area (Å²) in [5.74, 6) is -0.994. The van der Waals surface area contributed by atoms with Gasteiger partial charge in [-0.3, -0.25) is 19.2 Å². The number of ether oxygens (including phenoxy) is 2.